The van der Waals surface area contributed by atoms with E-state index in [0.717, 1.165) is 21.5 Å². The van der Waals surface area contributed by atoms with Crippen molar-refractivity contribution in [1.29, 1.82) is 0 Å². The number of pyridine rings is 1. The van der Waals surface area contributed by atoms with Gasteiger partial charge in [0.1, 0.15) is 0 Å². The van der Waals surface area contributed by atoms with Gasteiger partial charge in [0.05, 0.1) is 5.69 Å². The first kappa shape index (κ1) is 12.4. The molecule has 2 rings (SSSR count). The normalized spacial score (nSPS) is 10.6. The molecule has 0 atom stereocenters. The predicted octanol–water partition coefficient (Wildman–Crippen LogP) is 3.87. The first-order valence-electron chi connectivity index (χ1n) is 5.15. The molecule has 0 saturated heterocycles. The van der Waals surface area contributed by atoms with Gasteiger partial charge in [0.15, 0.2) is 5.43 Å². The van der Waals surface area contributed by atoms with Crippen LogP contribution in [-0.2, 0) is 0 Å². The van der Waals surface area contributed by atoms with Crippen LogP contribution in [-0.4, -0.2) is 4.57 Å². The molecular formula is C13H11BrClNO. The molecule has 0 unspecified atom stereocenters. The monoisotopic (exact) mass is 311 g/mol. The van der Waals surface area contributed by atoms with Gasteiger partial charge in [0, 0.05) is 33.0 Å². The van der Waals surface area contributed by atoms with Crippen LogP contribution in [0, 0.1) is 13.8 Å². The first-order valence-corrected chi connectivity index (χ1v) is 6.32. The van der Waals surface area contributed by atoms with Crippen molar-refractivity contribution in [2.45, 2.75) is 13.8 Å². The maximum absolute atomic E-state index is 11.4. The summed E-state index contributed by atoms with van der Waals surface area (Å²) in [5.74, 6) is 0. The Labute approximate surface area is 113 Å². The van der Waals surface area contributed by atoms with Gasteiger partial charge in [-0.3, -0.25) is 4.79 Å². The molecule has 0 aliphatic rings. The Bertz CT molecular complexity index is 608. The van der Waals surface area contributed by atoms with Crippen molar-refractivity contribution < 1.29 is 0 Å². The maximum atomic E-state index is 11.4. The third-order valence-corrected chi connectivity index (χ3v) is 3.46. The second-order valence-corrected chi connectivity index (χ2v) is 5.20. The Morgan fingerprint density at radius 1 is 1.12 bits per heavy atom. The lowest BCUT2D eigenvalue weighted by Gasteiger charge is -2.16. The summed E-state index contributed by atoms with van der Waals surface area (Å²) in [6.07, 6.45) is 0. The van der Waals surface area contributed by atoms with Crippen molar-refractivity contribution >= 4 is 27.5 Å². The molecule has 4 heteroatoms. The summed E-state index contributed by atoms with van der Waals surface area (Å²) >= 11 is 9.50. The Morgan fingerprint density at radius 2 is 1.71 bits per heavy atom. The number of halogens is 2. The lowest BCUT2D eigenvalue weighted by molar-refractivity contribution is 0.918. The van der Waals surface area contributed by atoms with Crippen LogP contribution >= 0.6 is 27.5 Å². The fraction of sp³-hybridized carbons (Fsp3) is 0.154. The van der Waals surface area contributed by atoms with Gasteiger partial charge in [-0.15, -0.1) is 0 Å². The molecule has 1 aromatic carbocycles. The number of hydrogen-bond acceptors (Lipinski definition) is 1. The molecule has 2 aromatic rings. The van der Waals surface area contributed by atoms with Crippen LogP contribution in [0.5, 0.6) is 0 Å². The highest BCUT2D eigenvalue weighted by Crippen LogP contribution is 2.26. The molecule has 0 spiro atoms. The summed E-state index contributed by atoms with van der Waals surface area (Å²) in [6.45, 7) is 3.81. The zero-order valence-corrected chi connectivity index (χ0v) is 11.8. The fourth-order valence-electron chi connectivity index (χ4n) is 1.90. The van der Waals surface area contributed by atoms with E-state index in [1.165, 1.54) is 0 Å². The highest BCUT2D eigenvalue weighted by atomic mass is 79.9. The summed E-state index contributed by atoms with van der Waals surface area (Å²) < 4.78 is 2.94. The van der Waals surface area contributed by atoms with E-state index in [1.54, 1.807) is 12.1 Å². The van der Waals surface area contributed by atoms with E-state index in [2.05, 4.69) is 15.9 Å². The average molecular weight is 313 g/mol. The summed E-state index contributed by atoms with van der Waals surface area (Å²) in [5.41, 5.74) is 2.73. The zero-order valence-electron chi connectivity index (χ0n) is 9.50. The molecule has 0 bridgehead atoms. The van der Waals surface area contributed by atoms with Crippen molar-refractivity contribution in [3.05, 3.63) is 61.4 Å². The van der Waals surface area contributed by atoms with E-state index in [9.17, 15) is 4.79 Å². The molecule has 1 aromatic heterocycles. The lowest BCUT2D eigenvalue weighted by Crippen LogP contribution is -2.11. The van der Waals surface area contributed by atoms with Crippen LogP contribution in [0.3, 0.4) is 0 Å². The molecule has 88 valence electrons. The number of hydrogen-bond donors (Lipinski definition) is 0. The molecule has 0 saturated carbocycles. The van der Waals surface area contributed by atoms with Gasteiger partial charge in [0.2, 0.25) is 0 Å². The summed E-state index contributed by atoms with van der Waals surface area (Å²) in [7, 11) is 0. The van der Waals surface area contributed by atoms with Crippen molar-refractivity contribution in [2.24, 2.45) is 0 Å². The zero-order chi connectivity index (χ0) is 12.6. The van der Waals surface area contributed by atoms with E-state index in [-0.39, 0.29) is 5.43 Å². The minimum Gasteiger partial charge on any atom is -0.317 e. The van der Waals surface area contributed by atoms with Crippen LogP contribution in [0.15, 0.2) is 39.6 Å². The minimum absolute atomic E-state index is 0.0226. The second kappa shape index (κ2) is 4.67. The van der Waals surface area contributed by atoms with Gasteiger partial charge in [-0.25, -0.2) is 0 Å². The third-order valence-electron chi connectivity index (χ3n) is 2.56. The third kappa shape index (κ3) is 2.45. The fourth-order valence-corrected chi connectivity index (χ4v) is 2.49. The molecule has 0 N–H and O–H groups in total. The van der Waals surface area contributed by atoms with Crippen LogP contribution in [0.4, 0.5) is 0 Å². The van der Waals surface area contributed by atoms with Crippen molar-refractivity contribution in [2.75, 3.05) is 0 Å². The second-order valence-electron chi connectivity index (χ2n) is 3.90. The molecule has 2 nitrogen and oxygen atoms in total. The first-order chi connectivity index (χ1) is 7.99. The standard InChI is InChI=1S/C13H11BrClNO/c1-8-5-11(17)6-9(2)16(8)13-7-10(15)3-4-12(13)14/h3-7H,1-2H3. The molecule has 17 heavy (non-hydrogen) atoms. The molecular weight excluding hydrogens is 302 g/mol. The van der Waals surface area contributed by atoms with Gasteiger partial charge < -0.3 is 4.57 Å². The Morgan fingerprint density at radius 3 is 2.29 bits per heavy atom. The SMILES string of the molecule is Cc1cc(=O)cc(C)n1-c1cc(Cl)ccc1Br. The Hall–Kier alpha value is -1.06. The number of benzene rings is 1. The van der Waals surface area contributed by atoms with Crippen LogP contribution in [0.25, 0.3) is 5.69 Å². The van der Waals surface area contributed by atoms with Gasteiger partial charge in [-0.2, -0.15) is 0 Å². The Balaban J connectivity index is 2.77. The number of nitrogens with zero attached hydrogens (tertiary/aromatic N) is 1. The van der Waals surface area contributed by atoms with Gasteiger partial charge >= 0.3 is 0 Å². The highest BCUT2D eigenvalue weighted by Gasteiger charge is 2.08. The quantitative estimate of drug-likeness (QED) is 0.783. The predicted molar refractivity (Wildman–Crippen MR) is 74.2 cm³/mol. The summed E-state index contributed by atoms with van der Waals surface area (Å²) in [6, 6.07) is 8.81. The topological polar surface area (TPSA) is 22.0 Å². The van der Waals surface area contributed by atoms with E-state index >= 15 is 0 Å². The van der Waals surface area contributed by atoms with Crippen LogP contribution < -0.4 is 5.43 Å². The number of rotatable bonds is 1. The van der Waals surface area contributed by atoms with Crippen molar-refractivity contribution in [3.63, 3.8) is 0 Å². The van der Waals surface area contributed by atoms with Crippen molar-refractivity contribution in [1.82, 2.24) is 4.57 Å². The molecule has 0 amide bonds. The maximum Gasteiger partial charge on any atom is 0.182 e. The minimum atomic E-state index is 0.0226. The summed E-state index contributed by atoms with van der Waals surface area (Å²) in [4.78, 5) is 11.4. The van der Waals surface area contributed by atoms with Gasteiger partial charge in [-0.1, -0.05) is 11.6 Å². The number of aryl methyl sites for hydroxylation is 2. The van der Waals surface area contributed by atoms with E-state index in [4.69, 9.17) is 11.6 Å². The molecule has 1 heterocycles. The highest BCUT2D eigenvalue weighted by molar-refractivity contribution is 9.10. The van der Waals surface area contributed by atoms with Gasteiger partial charge in [-0.05, 0) is 48.0 Å². The van der Waals surface area contributed by atoms with E-state index in [1.807, 2.05) is 36.6 Å². The van der Waals surface area contributed by atoms with Crippen LogP contribution in [0.2, 0.25) is 5.02 Å². The van der Waals surface area contributed by atoms with Crippen LogP contribution in [0.1, 0.15) is 11.4 Å². The molecule has 0 radical (unpaired) electrons. The molecule has 0 aliphatic heterocycles. The average Bonchev–Trinajstić information content (AvgIpc) is 2.21. The Kier molecular flexibility index (Phi) is 3.40. The van der Waals surface area contributed by atoms with E-state index < -0.39 is 0 Å². The molecule has 0 fully saturated rings. The van der Waals surface area contributed by atoms with Crippen molar-refractivity contribution in [3.8, 4) is 5.69 Å². The largest absolute Gasteiger partial charge is 0.317 e. The number of aromatic nitrogens is 1. The summed E-state index contributed by atoms with van der Waals surface area (Å²) in [5, 5.41) is 0.667. The smallest absolute Gasteiger partial charge is 0.182 e. The molecule has 0 aliphatic carbocycles. The lowest BCUT2D eigenvalue weighted by atomic mass is 10.2. The van der Waals surface area contributed by atoms with E-state index in [0.29, 0.717) is 5.02 Å². The van der Waals surface area contributed by atoms with Gasteiger partial charge in [0.25, 0.3) is 0 Å².